The highest BCUT2D eigenvalue weighted by Crippen LogP contribution is 2.13. The van der Waals surface area contributed by atoms with Gasteiger partial charge in [-0.05, 0) is 78.6 Å². The fraction of sp³-hybridized carbons (Fsp3) is 0.750. The third-order valence-corrected chi connectivity index (χ3v) is 5.39. The number of hydrogen-bond donors (Lipinski definition) is 0. The van der Waals surface area contributed by atoms with Crippen LogP contribution in [0.2, 0.25) is 0 Å². The summed E-state index contributed by atoms with van der Waals surface area (Å²) < 4.78 is 0. The van der Waals surface area contributed by atoms with Crippen molar-refractivity contribution < 1.29 is 0 Å². The predicted octanol–water partition coefficient (Wildman–Crippen LogP) is 10.3. The van der Waals surface area contributed by atoms with Crippen LogP contribution in [-0.4, -0.2) is 0 Å². The molecule has 0 aliphatic rings. The zero-order chi connectivity index (χ0) is 20.7. The number of rotatable bonds is 20. The van der Waals surface area contributed by atoms with E-state index in [1.165, 1.54) is 108 Å². The summed E-state index contributed by atoms with van der Waals surface area (Å²) >= 11 is 0. The Morgan fingerprint density at radius 1 is 0.571 bits per heavy atom. The third-order valence-electron chi connectivity index (χ3n) is 5.39. The lowest BCUT2D eigenvalue weighted by molar-refractivity contribution is 0.607. The van der Waals surface area contributed by atoms with Crippen LogP contribution in [0.25, 0.3) is 0 Å². The Balaban J connectivity index is 3.27. The molecule has 0 amide bonds. The molecule has 28 heavy (non-hydrogen) atoms. The van der Waals surface area contributed by atoms with Crippen molar-refractivity contribution in [2.75, 3.05) is 0 Å². The summed E-state index contributed by atoms with van der Waals surface area (Å²) in [4.78, 5) is 0. The van der Waals surface area contributed by atoms with Crippen LogP contribution in [0.1, 0.15) is 137 Å². The van der Waals surface area contributed by atoms with E-state index >= 15 is 0 Å². The van der Waals surface area contributed by atoms with Gasteiger partial charge in [-0.15, -0.1) is 0 Å². The van der Waals surface area contributed by atoms with Crippen LogP contribution >= 0.6 is 0 Å². The van der Waals surface area contributed by atoms with E-state index in [1.54, 1.807) is 5.57 Å². The van der Waals surface area contributed by atoms with Gasteiger partial charge in [0.2, 0.25) is 0 Å². The Labute approximate surface area is 179 Å². The lowest BCUT2D eigenvalue weighted by Crippen LogP contribution is -1.82. The van der Waals surface area contributed by atoms with Gasteiger partial charge in [-0.3, -0.25) is 0 Å². The maximum absolute atomic E-state index is 2.47. The largest absolute Gasteiger partial charge is 0.0885 e. The molecule has 0 aliphatic carbocycles. The molecule has 163 valence electrons. The van der Waals surface area contributed by atoms with Gasteiger partial charge in [0.15, 0.2) is 0 Å². The molecule has 0 nitrogen and oxygen atoms in total. The van der Waals surface area contributed by atoms with Crippen LogP contribution in [-0.2, 0) is 0 Å². The van der Waals surface area contributed by atoms with Crippen molar-refractivity contribution in [1.29, 1.82) is 0 Å². The van der Waals surface area contributed by atoms with Crippen molar-refractivity contribution in [3.63, 3.8) is 0 Å². The Morgan fingerprint density at radius 3 is 1.68 bits per heavy atom. The quantitative estimate of drug-likeness (QED) is 0.144. The number of allylic oxidation sites excluding steroid dienone is 6. The first-order valence-corrected chi connectivity index (χ1v) is 12.4. The maximum Gasteiger partial charge on any atom is -0.0288 e. The molecule has 0 fully saturated rings. The molecule has 0 aromatic carbocycles. The molecular weight excluding hydrogens is 336 g/mol. The minimum absolute atomic E-state index is 1.16. The SMILES string of the molecule is CCCCCCCC/C=C\CCCCCCC[CH]C/C=C(\C)CCC=C(C)C. The van der Waals surface area contributed by atoms with Gasteiger partial charge in [0.25, 0.3) is 0 Å². The van der Waals surface area contributed by atoms with Gasteiger partial charge in [-0.2, -0.15) is 0 Å². The first-order valence-electron chi connectivity index (χ1n) is 12.4. The van der Waals surface area contributed by atoms with Crippen LogP contribution in [0.15, 0.2) is 35.5 Å². The van der Waals surface area contributed by atoms with Crippen LogP contribution in [0.3, 0.4) is 0 Å². The molecule has 0 saturated carbocycles. The molecule has 0 saturated heterocycles. The second-order valence-electron chi connectivity index (χ2n) is 8.77. The monoisotopic (exact) mass is 387 g/mol. The Kier molecular flexibility index (Phi) is 21.9. The Hall–Kier alpha value is -0.780. The average molecular weight is 388 g/mol. The summed E-state index contributed by atoms with van der Waals surface area (Å²) in [6.07, 6.45) is 34.9. The summed E-state index contributed by atoms with van der Waals surface area (Å²) in [5.41, 5.74) is 2.97. The van der Waals surface area contributed by atoms with E-state index in [9.17, 15) is 0 Å². The van der Waals surface area contributed by atoms with Crippen molar-refractivity contribution in [2.45, 2.75) is 137 Å². The van der Waals surface area contributed by atoms with Gasteiger partial charge in [-0.25, -0.2) is 0 Å². The van der Waals surface area contributed by atoms with E-state index in [2.05, 4.69) is 58.4 Å². The van der Waals surface area contributed by atoms with Crippen LogP contribution < -0.4 is 0 Å². The van der Waals surface area contributed by atoms with Crippen molar-refractivity contribution in [1.82, 2.24) is 0 Å². The van der Waals surface area contributed by atoms with Gasteiger partial charge in [-0.1, -0.05) is 100 Å². The van der Waals surface area contributed by atoms with Crippen molar-refractivity contribution in [2.24, 2.45) is 0 Å². The minimum atomic E-state index is 1.16. The van der Waals surface area contributed by atoms with E-state index < -0.39 is 0 Å². The highest BCUT2D eigenvalue weighted by molar-refractivity contribution is 5.03. The molecule has 1 radical (unpaired) electrons. The van der Waals surface area contributed by atoms with Crippen LogP contribution in [0.4, 0.5) is 0 Å². The van der Waals surface area contributed by atoms with Gasteiger partial charge < -0.3 is 0 Å². The molecular formula is C28H51. The summed E-state index contributed by atoms with van der Waals surface area (Å²) in [6.45, 7) is 8.92. The topological polar surface area (TPSA) is 0 Å². The van der Waals surface area contributed by atoms with Crippen molar-refractivity contribution >= 4 is 0 Å². The number of unbranched alkanes of at least 4 members (excludes halogenated alkanes) is 14. The van der Waals surface area contributed by atoms with Gasteiger partial charge in [0, 0.05) is 0 Å². The standard InChI is InChI=1S/C28H51/c1-5-6-7-8-9-10-11-12-13-14-15-16-17-18-19-20-21-22-25-28(4)26-23-24-27(2)3/h12-13,21,24-25H,5-11,14-20,22-23,26H2,1-4H3/b13-12-,28-25+. The summed E-state index contributed by atoms with van der Waals surface area (Å²) in [6, 6.07) is 0. The Bertz CT molecular complexity index is 392. The molecule has 0 aromatic rings. The lowest BCUT2D eigenvalue weighted by atomic mass is 10.0. The highest BCUT2D eigenvalue weighted by Gasteiger charge is 1.93. The van der Waals surface area contributed by atoms with Gasteiger partial charge in [0.05, 0.1) is 0 Å². The van der Waals surface area contributed by atoms with E-state index in [0.29, 0.717) is 0 Å². The summed E-state index contributed by atoms with van der Waals surface area (Å²) in [5, 5.41) is 0. The smallest absolute Gasteiger partial charge is 0.0288 e. The zero-order valence-corrected chi connectivity index (χ0v) is 19.9. The lowest BCUT2D eigenvalue weighted by Gasteiger charge is -2.02. The number of hydrogen-bond acceptors (Lipinski definition) is 0. The fourth-order valence-corrected chi connectivity index (χ4v) is 3.45. The summed E-state index contributed by atoms with van der Waals surface area (Å²) in [7, 11) is 0. The van der Waals surface area contributed by atoms with Crippen LogP contribution in [0, 0.1) is 6.42 Å². The third kappa shape index (κ3) is 23.3. The fourth-order valence-electron chi connectivity index (χ4n) is 3.45. The molecule has 0 aromatic heterocycles. The Morgan fingerprint density at radius 2 is 1.11 bits per heavy atom. The van der Waals surface area contributed by atoms with Gasteiger partial charge >= 0.3 is 0 Å². The molecule has 0 aliphatic heterocycles. The predicted molar refractivity (Wildman–Crippen MR) is 131 cm³/mol. The van der Waals surface area contributed by atoms with Crippen molar-refractivity contribution in [3.05, 3.63) is 41.9 Å². The summed E-state index contributed by atoms with van der Waals surface area (Å²) in [5.74, 6) is 0. The van der Waals surface area contributed by atoms with Crippen molar-refractivity contribution in [3.8, 4) is 0 Å². The minimum Gasteiger partial charge on any atom is -0.0885 e. The zero-order valence-electron chi connectivity index (χ0n) is 19.9. The average Bonchev–Trinajstić information content (AvgIpc) is 2.66. The second kappa shape index (κ2) is 22.5. The highest BCUT2D eigenvalue weighted by atomic mass is 14.0. The molecule has 0 rings (SSSR count). The van der Waals surface area contributed by atoms with E-state index in [0.717, 1.165) is 6.42 Å². The first-order chi connectivity index (χ1) is 13.7. The molecule has 0 bridgehead atoms. The molecule has 0 unspecified atom stereocenters. The van der Waals surface area contributed by atoms with Gasteiger partial charge in [0.1, 0.15) is 0 Å². The van der Waals surface area contributed by atoms with E-state index in [-0.39, 0.29) is 0 Å². The normalized spacial score (nSPS) is 12.1. The second-order valence-corrected chi connectivity index (χ2v) is 8.77. The molecule has 0 heteroatoms. The molecule has 0 N–H and O–H groups in total. The van der Waals surface area contributed by atoms with E-state index in [4.69, 9.17) is 0 Å². The molecule has 0 heterocycles. The molecule has 0 atom stereocenters. The molecule has 0 spiro atoms. The van der Waals surface area contributed by atoms with Crippen LogP contribution in [0.5, 0.6) is 0 Å². The maximum atomic E-state index is 2.47. The first kappa shape index (κ1) is 27.2. The van der Waals surface area contributed by atoms with E-state index in [1.807, 2.05) is 0 Å².